The first kappa shape index (κ1) is 15.0. The van der Waals surface area contributed by atoms with Gasteiger partial charge in [0, 0.05) is 24.8 Å². The molecule has 0 aliphatic carbocycles. The van der Waals surface area contributed by atoms with Gasteiger partial charge in [-0.25, -0.2) is 0 Å². The fourth-order valence-electron chi connectivity index (χ4n) is 2.36. The monoisotopic (exact) mass is 272 g/mol. The van der Waals surface area contributed by atoms with Gasteiger partial charge in [-0.3, -0.25) is 9.89 Å². The van der Waals surface area contributed by atoms with Crippen LogP contribution in [0.15, 0.2) is 6.20 Å². The lowest BCUT2D eigenvalue weighted by molar-refractivity contribution is 0.0680. The van der Waals surface area contributed by atoms with Crippen LogP contribution in [0.3, 0.4) is 0 Å². The summed E-state index contributed by atoms with van der Waals surface area (Å²) in [7, 11) is 0. The van der Waals surface area contributed by atoms with Gasteiger partial charge in [0.2, 0.25) is 0 Å². The number of halogens is 1. The number of nitrogens with two attached hydrogens (primary N) is 1. The first-order valence-electron chi connectivity index (χ1n) is 6.14. The first-order chi connectivity index (χ1) is 8.09. The van der Waals surface area contributed by atoms with Gasteiger partial charge in [0.05, 0.1) is 11.8 Å². The predicted molar refractivity (Wildman–Crippen MR) is 72.8 cm³/mol. The smallest absolute Gasteiger partial charge is 0.257 e. The predicted octanol–water partition coefficient (Wildman–Crippen LogP) is 1.34. The Labute approximate surface area is 114 Å². The van der Waals surface area contributed by atoms with Crippen molar-refractivity contribution in [2.45, 2.75) is 32.7 Å². The quantitative estimate of drug-likeness (QED) is 0.853. The van der Waals surface area contributed by atoms with Crippen LogP contribution in [-0.2, 0) is 0 Å². The van der Waals surface area contributed by atoms with Crippen LogP contribution in [0.2, 0.25) is 0 Å². The van der Waals surface area contributed by atoms with Gasteiger partial charge >= 0.3 is 0 Å². The first-order valence-corrected chi connectivity index (χ1v) is 6.14. The van der Waals surface area contributed by atoms with E-state index in [0.717, 1.165) is 31.6 Å². The summed E-state index contributed by atoms with van der Waals surface area (Å²) < 4.78 is 0. The summed E-state index contributed by atoms with van der Waals surface area (Å²) in [5.74, 6) is 0.629. The molecule has 0 bridgehead atoms. The van der Waals surface area contributed by atoms with Gasteiger partial charge in [-0.2, -0.15) is 5.10 Å². The maximum Gasteiger partial charge on any atom is 0.257 e. The molecule has 18 heavy (non-hydrogen) atoms. The molecule has 2 rings (SSSR count). The minimum atomic E-state index is 0. The van der Waals surface area contributed by atoms with Gasteiger partial charge in [0.1, 0.15) is 0 Å². The van der Waals surface area contributed by atoms with Crippen LogP contribution in [0.25, 0.3) is 0 Å². The lowest BCUT2D eigenvalue weighted by Crippen LogP contribution is -2.42. The zero-order valence-electron chi connectivity index (χ0n) is 10.8. The number of hydrogen-bond donors (Lipinski definition) is 2. The third-order valence-electron chi connectivity index (χ3n) is 3.63. The van der Waals surface area contributed by atoms with E-state index in [2.05, 4.69) is 10.2 Å². The fraction of sp³-hybridized carbons (Fsp3) is 0.667. The number of aryl methyl sites for hydroxylation is 1. The summed E-state index contributed by atoms with van der Waals surface area (Å²) >= 11 is 0. The molecule has 6 heteroatoms. The van der Waals surface area contributed by atoms with Crippen molar-refractivity contribution >= 4 is 18.3 Å². The molecule has 5 nitrogen and oxygen atoms in total. The Balaban J connectivity index is 0.00000162. The number of nitrogens with zero attached hydrogens (tertiary/aromatic N) is 2. The third-order valence-corrected chi connectivity index (χ3v) is 3.63. The van der Waals surface area contributed by atoms with Crippen molar-refractivity contribution in [3.05, 3.63) is 17.5 Å². The molecule has 1 unspecified atom stereocenters. The minimum absolute atomic E-state index is 0. The van der Waals surface area contributed by atoms with E-state index in [0.29, 0.717) is 11.5 Å². The molecular formula is C12H21ClN4O. The van der Waals surface area contributed by atoms with Crippen molar-refractivity contribution < 1.29 is 4.79 Å². The highest BCUT2D eigenvalue weighted by atomic mass is 35.5. The standard InChI is InChI=1S/C12H20N4O.ClH/c1-8(13)10-3-5-16(6-4-10)12(17)11-7-14-15-9(11)2;/h7-8,10H,3-6,13H2,1-2H3,(H,14,15);1H. The third kappa shape index (κ3) is 3.03. The topological polar surface area (TPSA) is 75.0 Å². The molecule has 0 spiro atoms. The molecule has 102 valence electrons. The van der Waals surface area contributed by atoms with E-state index in [1.54, 1.807) is 6.20 Å². The Morgan fingerprint density at radius 2 is 2.17 bits per heavy atom. The Kier molecular flexibility index (Phi) is 5.16. The van der Waals surface area contributed by atoms with Gasteiger partial charge in [0.15, 0.2) is 0 Å². The van der Waals surface area contributed by atoms with E-state index in [-0.39, 0.29) is 24.4 Å². The second kappa shape index (κ2) is 6.20. The average molecular weight is 273 g/mol. The largest absolute Gasteiger partial charge is 0.339 e. The number of carbonyl (C=O) groups is 1. The maximum atomic E-state index is 12.2. The van der Waals surface area contributed by atoms with Gasteiger partial charge in [-0.1, -0.05) is 0 Å². The highest BCUT2D eigenvalue weighted by Gasteiger charge is 2.26. The molecule has 1 saturated heterocycles. The lowest BCUT2D eigenvalue weighted by atomic mass is 9.91. The van der Waals surface area contributed by atoms with Crippen LogP contribution in [0.5, 0.6) is 0 Å². The normalized spacial score (nSPS) is 18.3. The highest BCUT2D eigenvalue weighted by Crippen LogP contribution is 2.21. The number of carbonyl (C=O) groups excluding carboxylic acids is 1. The lowest BCUT2D eigenvalue weighted by Gasteiger charge is -2.33. The molecule has 0 radical (unpaired) electrons. The Morgan fingerprint density at radius 3 is 2.61 bits per heavy atom. The van der Waals surface area contributed by atoms with E-state index >= 15 is 0 Å². The number of amides is 1. The second-order valence-electron chi connectivity index (χ2n) is 4.90. The summed E-state index contributed by atoms with van der Waals surface area (Å²) in [5, 5.41) is 6.69. The molecule has 1 atom stereocenters. The summed E-state index contributed by atoms with van der Waals surface area (Å²) in [6.45, 7) is 5.52. The van der Waals surface area contributed by atoms with Crippen LogP contribution in [-0.4, -0.2) is 40.1 Å². The maximum absolute atomic E-state index is 12.2. The van der Waals surface area contributed by atoms with Gasteiger partial charge in [-0.05, 0) is 32.6 Å². The van der Waals surface area contributed by atoms with E-state index in [4.69, 9.17) is 5.73 Å². The number of piperidine rings is 1. The Hall–Kier alpha value is -1.07. The van der Waals surface area contributed by atoms with Gasteiger partial charge < -0.3 is 10.6 Å². The van der Waals surface area contributed by atoms with Crippen molar-refractivity contribution in [1.29, 1.82) is 0 Å². The van der Waals surface area contributed by atoms with Gasteiger partial charge in [0.25, 0.3) is 5.91 Å². The summed E-state index contributed by atoms with van der Waals surface area (Å²) in [6.07, 6.45) is 3.61. The SMILES string of the molecule is Cc1[nH]ncc1C(=O)N1CCC(C(C)N)CC1.Cl. The number of aromatic nitrogens is 2. The van der Waals surface area contributed by atoms with Crippen LogP contribution >= 0.6 is 12.4 Å². The van der Waals surface area contributed by atoms with Crippen LogP contribution < -0.4 is 5.73 Å². The molecule has 1 fully saturated rings. The number of nitrogens with one attached hydrogen (secondary N) is 1. The van der Waals surface area contributed by atoms with E-state index in [1.807, 2.05) is 18.7 Å². The highest BCUT2D eigenvalue weighted by molar-refractivity contribution is 5.95. The number of H-pyrrole nitrogens is 1. The minimum Gasteiger partial charge on any atom is -0.339 e. The van der Waals surface area contributed by atoms with Gasteiger partial charge in [-0.15, -0.1) is 12.4 Å². The fourth-order valence-corrected chi connectivity index (χ4v) is 2.36. The summed E-state index contributed by atoms with van der Waals surface area (Å²) in [6, 6.07) is 0.225. The summed E-state index contributed by atoms with van der Waals surface area (Å²) in [5.41, 5.74) is 7.41. The number of hydrogen-bond acceptors (Lipinski definition) is 3. The van der Waals surface area contributed by atoms with Crippen molar-refractivity contribution in [2.24, 2.45) is 11.7 Å². The molecule has 0 aromatic carbocycles. The van der Waals surface area contributed by atoms with Crippen molar-refractivity contribution in [3.63, 3.8) is 0 Å². The summed E-state index contributed by atoms with van der Waals surface area (Å²) in [4.78, 5) is 14.1. The Morgan fingerprint density at radius 1 is 1.56 bits per heavy atom. The number of aromatic amines is 1. The molecule has 1 aromatic rings. The van der Waals surface area contributed by atoms with Crippen LogP contribution in [0.4, 0.5) is 0 Å². The zero-order chi connectivity index (χ0) is 12.4. The Bertz CT molecular complexity index is 397. The van der Waals surface area contributed by atoms with Crippen LogP contribution in [0.1, 0.15) is 35.8 Å². The molecule has 3 N–H and O–H groups in total. The molecule has 1 amide bonds. The zero-order valence-corrected chi connectivity index (χ0v) is 11.7. The molecule has 2 heterocycles. The van der Waals surface area contributed by atoms with Crippen molar-refractivity contribution in [1.82, 2.24) is 15.1 Å². The average Bonchev–Trinajstić information content (AvgIpc) is 2.74. The number of likely N-dealkylation sites (tertiary alicyclic amines) is 1. The molecule has 0 saturated carbocycles. The van der Waals surface area contributed by atoms with Crippen molar-refractivity contribution in [2.75, 3.05) is 13.1 Å². The molecule has 1 aromatic heterocycles. The molecule has 1 aliphatic rings. The molecule has 1 aliphatic heterocycles. The number of rotatable bonds is 2. The van der Waals surface area contributed by atoms with Crippen molar-refractivity contribution in [3.8, 4) is 0 Å². The van der Waals surface area contributed by atoms with Crippen LogP contribution in [0, 0.1) is 12.8 Å². The van der Waals surface area contributed by atoms with E-state index in [1.165, 1.54) is 0 Å². The van der Waals surface area contributed by atoms with E-state index < -0.39 is 0 Å². The second-order valence-corrected chi connectivity index (χ2v) is 4.90. The van der Waals surface area contributed by atoms with E-state index in [9.17, 15) is 4.79 Å². The molecular weight excluding hydrogens is 252 g/mol.